The number of aryl methyl sites for hydroxylation is 3. The van der Waals surface area contributed by atoms with Crippen LogP contribution in [-0.2, 0) is 58.1 Å². The van der Waals surface area contributed by atoms with Crippen molar-refractivity contribution in [3.8, 4) is 0 Å². The van der Waals surface area contributed by atoms with Gasteiger partial charge in [0.1, 0.15) is 0 Å². The fourth-order valence-electron chi connectivity index (χ4n) is 2.27. The zero-order valence-electron chi connectivity index (χ0n) is 29.1. The molecule has 0 atom stereocenters. The third-order valence-corrected chi connectivity index (χ3v) is 4.81. The van der Waals surface area contributed by atoms with Crippen molar-refractivity contribution in [1.29, 1.82) is 0 Å². The first-order chi connectivity index (χ1) is 22.9. The Balaban J connectivity index is -0.000000561. The Labute approximate surface area is 318 Å². The van der Waals surface area contributed by atoms with Gasteiger partial charge in [0, 0.05) is 0 Å². The molecule has 3 heterocycles. The van der Waals surface area contributed by atoms with Crippen molar-refractivity contribution in [2.75, 3.05) is 17.2 Å². The van der Waals surface area contributed by atoms with Crippen molar-refractivity contribution >= 4 is 67.8 Å². The Kier molecular flexibility index (Phi) is 35.9. The van der Waals surface area contributed by atoms with Gasteiger partial charge in [-0.25, -0.2) is 0 Å². The molecule has 18 heteroatoms. The maximum absolute atomic E-state index is 5.50. The molecule has 0 aliphatic heterocycles. The van der Waals surface area contributed by atoms with Crippen molar-refractivity contribution in [3.05, 3.63) is 51.4 Å². The molecule has 0 radical (unpaired) electrons. The van der Waals surface area contributed by atoms with E-state index in [-0.39, 0.29) is 5.95 Å². The van der Waals surface area contributed by atoms with Crippen LogP contribution in [0.2, 0.25) is 0 Å². The van der Waals surface area contributed by atoms with Gasteiger partial charge in [0.2, 0.25) is 0 Å². The fraction of sp³-hybridized carbons (Fsp3) is 0.400. The Morgan fingerprint density at radius 2 is 0.979 bits per heavy atom. The van der Waals surface area contributed by atoms with E-state index in [4.69, 9.17) is 17.2 Å². The minimum atomic E-state index is 0.234. The number of nitrogen functional groups attached to an aromatic ring is 3. The molecule has 3 aromatic rings. The Morgan fingerprint density at radius 3 is 1.40 bits per heavy atom. The van der Waals surface area contributed by atoms with Crippen molar-refractivity contribution in [3.63, 3.8) is 0 Å². The summed E-state index contributed by atoms with van der Waals surface area (Å²) >= 11 is 3.82. The van der Waals surface area contributed by atoms with E-state index in [1.54, 1.807) is 38.7 Å². The number of hydrogen-bond acceptors (Lipinski definition) is 12. The molecule has 0 bridgehead atoms. The second-order valence-corrected chi connectivity index (χ2v) is 11.0. The molecule has 15 nitrogen and oxygen atoms in total. The molecule has 0 aliphatic carbocycles. The van der Waals surface area contributed by atoms with E-state index in [2.05, 4.69) is 102 Å². The first-order valence-corrected chi connectivity index (χ1v) is 19.8. The molecule has 0 aromatic carbocycles. The number of rotatable bonds is 9. The Bertz CT molecular complexity index is 1160. The second-order valence-electron chi connectivity index (χ2n) is 8.78. The summed E-state index contributed by atoms with van der Waals surface area (Å²) in [6.07, 6.45) is 8.03. The van der Waals surface area contributed by atoms with Gasteiger partial charge in [-0.05, 0) is 0 Å². The van der Waals surface area contributed by atoms with Gasteiger partial charge in [0.15, 0.2) is 0 Å². The minimum absolute atomic E-state index is 0.234. The predicted molar refractivity (Wildman–Crippen MR) is 194 cm³/mol. The third-order valence-electron chi connectivity index (χ3n) is 3.50. The van der Waals surface area contributed by atoms with Gasteiger partial charge in [-0.1, -0.05) is 60.8 Å². The second kappa shape index (κ2) is 35.0. The van der Waals surface area contributed by atoms with Crippen molar-refractivity contribution in [2.24, 2.45) is 15.0 Å². The molecule has 3 aromatic heterocycles. The number of aliphatic imine (C=N–C) groups is 3. The van der Waals surface area contributed by atoms with Gasteiger partial charge < -0.3 is 0 Å². The van der Waals surface area contributed by atoms with Gasteiger partial charge in [0.05, 0.1) is 0 Å². The SMILES string of the molecule is CCC.CCC.CCC.Cc1cc(N)nc([N-]C=N[CH]=[W])n1.Cc1cc([N-]C=N[CH]=[W])nc(N)n1.Cc1nc(N)cc([N-]C=N[CH]=[W])n1. The van der Waals surface area contributed by atoms with Crippen LogP contribution in [0, 0.1) is 20.8 Å². The Morgan fingerprint density at radius 1 is 0.562 bits per heavy atom. The normalized spacial score (nSPS) is 9.44. The summed E-state index contributed by atoms with van der Waals surface area (Å²) < 4.78 is 5.16. The van der Waals surface area contributed by atoms with Gasteiger partial charge in [-0.3, -0.25) is 0 Å². The number of nitrogens with zero attached hydrogens (tertiary/aromatic N) is 12. The molecule has 6 N–H and O–H groups in total. The molecule has 0 unspecified atom stereocenters. The van der Waals surface area contributed by atoms with Gasteiger partial charge in [-0.2, -0.15) is 0 Å². The van der Waals surface area contributed by atoms with Crippen LogP contribution in [0.4, 0.5) is 35.2 Å². The Hall–Kier alpha value is -3.28. The standard InChI is InChI=1S/3C7H8N5.3C3H8.3W/c1-5-11-6(8)3-7(12-5)10-4-9-2;1-5-3-6(10-4-9-2)12-7(8)11-5;1-5-3-6(8)12-7(11-5)10-4-9-2;3*1-3-2;;;/h3*2-4H,1H3,(H2-,8,10,11,12);3*3H2,1-2H3;;;/q3*-1;;;;;;. The average molecular weight is 1170 g/mol. The van der Waals surface area contributed by atoms with Crippen molar-refractivity contribution in [1.82, 2.24) is 29.9 Å². The molecule has 0 saturated carbocycles. The number of hydrogen-bond donors (Lipinski definition) is 3. The van der Waals surface area contributed by atoms with E-state index in [1.807, 2.05) is 13.8 Å². The fourth-order valence-corrected chi connectivity index (χ4v) is 2.85. The van der Waals surface area contributed by atoms with E-state index in [1.165, 1.54) is 96.3 Å². The van der Waals surface area contributed by atoms with Crippen molar-refractivity contribution in [2.45, 2.75) is 81.6 Å². The van der Waals surface area contributed by atoms with E-state index < -0.39 is 0 Å². The first-order valence-electron chi connectivity index (χ1n) is 14.7. The molecule has 0 spiro atoms. The van der Waals surface area contributed by atoms with E-state index in [0.717, 1.165) is 11.4 Å². The molecule has 0 amide bonds. The van der Waals surface area contributed by atoms with Crippen LogP contribution in [0.5, 0.6) is 0 Å². The number of aromatic nitrogens is 6. The number of nitrogens with two attached hydrogens (primary N) is 3. The van der Waals surface area contributed by atoms with E-state index in [9.17, 15) is 0 Å². The monoisotopic (exact) mass is 1170 g/mol. The van der Waals surface area contributed by atoms with Crippen LogP contribution in [0.15, 0.2) is 33.2 Å². The van der Waals surface area contributed by atoms with E-state index in [0.29, 0.717) is 35.0 Å². The van der Waals surface area contributed by atoms with Crippen LogP contribution >= 0.6 is 0 Å². The molecular weight excluding hydrogens is 1120 g/mol. The zero-order valence-corrected chi connectivity index (χ0v) is 37.9. The molecule has 0 aliphatic rings. The topological polar surface area (TPSA) is 235 Å². The summed E-state index contributed by atoms with van der Waals surface area (Å²) in [5.74, 6) is 3.10. The summed E-state index contributed by atoms with van der Waals surface area (Å²) in [4.78, 5) is 35.3. The summed E-state index contributed by atoms with van der Waals surface area (Å²) in [6, 6.07) is 5.03. The van der Waals surface area contributed by atoms with Gasteiger partial charge in [0.25, 0.3) is 0 Å². The predicted octanol–water partition coefficient (Wildman–Crippen LogP) is 6.37. The van der Waals surface area contributed by atoms with E-state index >= 15 is 0 Å². The molecule has 0 saturated heterocycles. The van der Waals surface area contributed by atoms with Crippen LogP contribution in [-0.4, -0.2) is 62.5 Å². The van der Waals surface area contributed by atoms with Crippen LogP contribution in [0.1, 0.15) is 78.0 Å². The summed E-state index contributed by atoms with van der Waals surface area (Å²) in [6.45, 7) is 18.2. The van der Waals surface area contributed by atoms with Gasteiger partial charge >= 0.3 is 260 Å². The van der Waals surface area contributed by atoms with Crippen LogP contribution in [0.25, 0.3) is 16.0 Å². The third kappa shape index (κ3) is 32.7. The van der Waals surface area contributed by atoms with Gasteiger partial charge in [-0.15, -0.1) is 0 Å². The molecule has 48 heavy (non-hydrogen) atoms. The molecule has 264 valence electrons. The summed E-state index contributed by atoms with van der Waals surface area (Å²) in [5.41, 5.74) is 18.0. The zero-order chi connectivity index (χ0) is 37.2. The molecule has 3 rings (SSSR count). The van der Waals surface area contributed by atoms with Crippen molar-refractivity contribution < 1.29 is 58.1 Å². The summed E-state index contributed by atoms with van der Waals surface area (Å²) in [7, 11) is 0. The van der Waals surface area contributed by atoms with Crippen LogP contribution in [0.3, 0.4) is 0 Å². The quantitative estimate of drug-likeness (QED) is 0.159. The number of anilines is 3. The molecule has 0 fully saturated rings. The maximum atomic E-state index is 5.50. The average Bonchev–Trinajstić information content (AvgIpc) is 2.98. The first kappa shape index (κ1) is 49.1. The molecular formula is C30H48N15W3-3. The van der Waals surface area contributed by atoms with Crippen LogP contribution < -0.4 is 17.2 Å². The summed E-state index contributed by atoms with van der Waals surface area (Å²) in [5, 5.41) is 11.9.